The summed E-state index contributed by atoms with van der Waals surface area (Å²) in [6.07, 6.45) is 2.76. The largest absolute Gasteiger partial charge is 0.405 e. The molecule has 33 heavy (non-hydrogen) atoms. The van der Waals surface area contributed by atoms with E-state index >= 15 is 0 Å². The van der Waals surface area contributed by atoms with Gasteiger partial charge in [-0.1, -0.05) is 20.8 Å². The van der Waals surface area contributed by atoms with Gasteiger partial charge in [-0.2, -0.15) is 13.2 Å². The number of nitrogens with zero attached hydrogens (tertiary/aromatic N) is 3. The van der Waals surface area contributed by atoms with Crippen molar-refractivity contribution in [2.45, 2.75) is 46.2 Å². The highest BCUT2D eigenvalue weighted by Gasteiger charge is 2.58. The number of carbonyl (C=O) groups excluding carboxylic acids is 1. The smallest absolute Gasteiger partial charge is 0.346 e. The van der Waals surface area contributed by atoms with Gasteiger partial charge in [0.2, 0.25) is 5.91 Å². The molecule has 0 spiro atoms. The van der Waals surface area contributed by atoms with Crippen LogP contribution in [0, 0.1) is 23.2 Å². The van der Waals surface area contributed by atoms with Crippen LogP contribution in [0.5, 0.6) is 0 Å². The van der Waals surface area contributed by atoms with Gasteiger partial charge in [0.25, 0.3) is 0 Å². The molecule has 3 unspecified atom stereocenters. The fourth-order valence-corrected chi connectivity index (χ4v) is 5.51. The first-order chi connectivity index (χ1) is 15.7. The van der Waals surface area contributed by atoms with E-state index in [0.29, 0.717) is 18.7 Å². The highest BCUT2D eigenvalue weighted by molar-refractivity contribution is 5.91. The Labute approximate surface area is 190 Å². The fourth-order valence-electron chi connectivity index (χ4n) is 5.51. The number of H-pyrrole nitrogens is 1. The molecule has 1 amide bonds. The molecule has 4 atom stereocenters. The van der Waals surface area contributed by atoms with Crippen LogP contribution in [0.2, 0.25) is 0 Å². The Morgan fingerprint density at radius 1 is 1.30 bits per heavy atom. The maximum Gasteiger partial charge on any atom is 0.405 e. The number of aromatic amines is 1. The molecular formula is C24H28F3N5O. The standard InChI is InChI=1S/C24H28F3N5O/c1-4-23(22(33)31-13-24(25,26)27)15(3)11-19(23)14(2)10-16-7-9-29-21(32-16)18-12-30-20-17(18)6-5-8-28-20/h5-9,12,14-15,19H,4,10-11,13H2,1-3H3,(H,28,30)(H,31,33)/t14?,15?,19?,23-/m1/s1. The third-order valence-electron chi connectivity index (χ3n) is 7.23. The topological polar surface area (TPSA) is 83.6 Å². The monoisotopic (exact) mass is 459 g/mol. The summed E-state index contributed by atoms with van der Waals surface area (Å²) in [5.74, 6) is 0.188. The van der Waals surface area contributed by atoms with E-state index in [4.69, 9.17) is 4.98 Å². The van der Waals surface area contributed by atoms with Gasteiger partial charge in [0.1, 0.15) is 12.2 Å². The van der Waals surface area contributed by atoms with Gasteiger partial charge in [0, 0.05) is 35.2 Å². The number of nitrogens with one attached hydrogen (secondary N) is 2. The Bertz CT molecular complexity index is 1140. The average molecular weight is 460 g/mol. The molecule has 1 aliphatic carbocycles. The third kappa shape index (κ3) is 4.32. The number of amides is 1. The highest BCUT2D eigenvalue weighted by Crippen LogP contribution is 2.57. The van der Waals surface area contributed by atoms with E-state index in [1.54, 1.807) is 12.4 Å². The summed E-state index contributed by atoms with van der Waals surface area (Å²) in [7, 11) is 0. The van der Waals surface area contributed by atoms with Crippen LogP contribution in [0.15, 0.2) is 36.8 Å². The van der Waals surface area contributed by atoms with Crippen LogP contribution >= 0.6 is 0 Å². The van der Waals surface area contributed by atoms with Gasteiger partial charge in [-0.15, -0.1) is 0 Å². The van der Waals surface area contributed by atoms with E-state index in [1.807, 2.05) is 38.2 Å². The van der Waals surface area contributed by atoms with Crippen molar-refractivity contribution in [2.75, 3.05) is 6.54 Å². The number of pyridine rings is 1. The van der Waals surface area contributed by atoms with Crippen LogP contribution in [-0.4, -0.2) is 38.6 Å². The van der Waals surface area contributed by atoms with Gasteiger partial charge in [0.05, 0.1) is 5.41 Å². The predicted molar refractivity (Wildman–Crippen MR) is 119 cm³/mol. The van der Waals surface area contributed by atoms with Gasteiger partial charge in [-0.05, 0) is 55.2 Å². The van der Waals surface area contributed by atoms with Crippen molar-refractivity contribution in [3.8, 4) is 11.4 Å². The molecule has 0 aromatic carbocycles. The molecule has 3 aromatic heterocycles. The van der Waals surface area contributed by atoms with Crippen molar-refractivity contribution >= 4 is 16.9 Å². The van der Waals surface area contributed by atoms with E-state index in [9.17, 15) is 18.0 Å². The van der Waals surface area contributed by atoms with Crippen molar-refractivity contribution in [3.63, 3.8) is 0 Å². The van der Waals surface area contributed by atoms with Crippen molar-refractivity contribution in [1.82, 2.24) is 25.3 Å². The molecule has 3 aromatic rings. The number of alkyl halides is 3. The van der Waals surface area contributed by atoms with Crippen LogP contribution in [-0.2, 0) is 11.2 Å². The van der Waals surface area contributed by atoms with Gasteiger partial charge in [-0.25, -0.2) is 15.0 Å². The molecular weight excluding hydrogens is 431 g/mol. The number of aromatic nitrogens is 4. The second-order valence-corrected chi connectivity index (χ2v) is 9.09. The van der Waals surface area contributed by atoms with Crippen molar-refractivity contribution in [2.24, 2.45) is 23.2 Å². The SMILES string of the molecule is CC[C@@]1(C(=O)NCC(F)(F)F)C(C)CC1C(C)Cc1ccnc(-c2c[nH]c3ncccc23)n1. The van der Waals surface area contributed by atoms with Crippen LogP contribution in [0.3, 0.4) is 0 Å². The summed E-state index contributed by atoms with van der Waals surface area (Å²) in [5.41, 5.74) is 1.67. The Morgan fingerprint density at radius 2 is 2.09 bits per heavy atom. The number of rotatable bonds is 7. The summed E-state index contributed by atoms with van der Waals surface area (Å²) in [6.45, 7) is 4.59. The lowest BCUT2D eigenvalue weighted by atomic mass is 9.48. The Morgan fingerprint density at radius 3 is 2.79 bits per heavy atom. The Balaban J connectivity index is 1.52. The average Bonchev–Trinajstić information content (AvgIpc) is 3.20. The predicted octanol–water partition coefficient (Wildman–Crippen LogP) is 4.93. The minimum Gasteiger partial charge on any atom is -0.346 e. The Kier molecular flexibility index (Phi) is 6.16. The molecule has 1 aliphatic rings. The highest BCUT2D eigenvalue weighted by atomic mass is 19.4. The molecule has 6 nitrogen and oxygen atoms in total. The number of halogens is 3. The first-order valence-corrected chi connectivity index (χ1v) is 11.2. The van der Waals surface area contributed by atoms with Crippen LogP contribution in [0.4, 0.5) is 13.2 Å². The Hall–Kier alpha value is -2.97. The summed E-state index contributed by atoms with van der Waals surface area (Å²) >= 11 is 0. The lowest BCUT2D eigenvalue weighted by Gasteiger charge is -2.56. The first-order valence-electron chi connectivity index (χ1n) is 11.2. The number of fused-ring (bicyclic) bond motifs is 1. The molecule has 0 saturated heterocycles. The van der Waals surface area contributed by atoms with Gasteiger partial charge in [-0.3, -0.25) is 4.79 Å². The normalized spacial score (nSPS) is 23.8. The fraction of sp³-hybridized carbons (Fsp3) is 0.500. The summed E-state index contributed by atoms with van der Waals surface area (Å²) < 4.78 is 38.1. The molecule has 1 fully saturated rings. The molecule has 4 rings (SSSR count). The second kappa shape index (κ2) is 8.76. The molecule has 2 N–H and O–H groups in total. The zero-order valence-corrected chi connectivity index (χ0v) is 18.9. The molecule has 0 bridgehead atoms. The maximum atomic E-state index is 12.9. The molecule has 176 valence electrons. The molecule has 0 aliphatic heterocycles. The van der Waals surface area contributed by atoms with E-state index in [2.05, 4.69) is 27.2 Å². The van der Waals surface area contributed by atoms with Crippen LogP contribution in [0.25, 0.3) is 22.4 Å². The zero-order chi connectivity index (χ0) is 23.8. The number of hydrogen-bond donors (Lipinski definition) is 2. The first kappa shape index (κ1) is 23.2. The van der Waals surface area contributed by atoms with Crippen molar-refractivity contribution in [1.29, 1.82) is 0 Å². The third-order valence-corrected chi connectivity index (χ3v) is 7.23. The van der Waals surface area contributed by atoms with E-state index in [-0.39, 0.29) is 17.8 Å². The van der Waals surface area contributed by atoms with E-state index < -0.39 is 24.0 Å². The van der Waals surface area contributed by atoms with E-state index in [1.165, 1.54) is 0 Å². The zero-order valence-electron chi connectivity index (χ0n) is 18.9. The summed E-state index contributed by atoms with van der Waals surface area (Å²) in [5, 5.41) is 3.07. The molecule has 9 heteroatoms. The van der Waals surface area contributed by atoms with Crippen LogP contribution in [0.1, 0.15) is 39.3 Å². The second-order valence-electron chi connectivity index (χ2n) is 9.09. The van der Waals surface area contributed by atoms with Crippen molar-refractivity contribution in [3.05, 3.63) is 42.5 Å². The quantitative estimate of drug-likeness (QED) is 0.525. The summed E-state index contributed by atoms with van der Waals surface area (Å²) in [6, 6.07) is 5.67. The summed E-state index contributed by atoms with van der Waals surface area (Å²) in [4.78, 5) is 29.5. The van der Waals surface area contributed by atoms with Crippen molar-refractivity contribution < 1.29 is 18.0 Å². The van der Waals surface area contributed by atoms with E-state index in [0.717, 1.165) is 28.7 Å². The number of hydrogen-bond acceptors (Lipinski definition) is 4. The van der Waals surface area contributed by atoms with Crippen LogP contribution < -0.4 is 5.32 Å². The number of carbonyl (C=O) groups is 1. The van der Waals surface area contributed by atoms with Gasteiger partial charge >= 0.3 is 6.18 Å². The molecule has 0 radical (unpaired) electrons. The lowest BCUT2D eigenvalue weighted by molar-refractivity contribution is -0.164. The van der Waals surface area contributed by atoms with Gasteiger partial charge < -0.3 is 10.3 Å². The maximum absolute atomic E-state index is 12.9. The lowest BCUT2D eigenvalue weighted by Crippen LogP contribution is -2.60. The molecule has 1 saturated carbocycles. The minimum atomic E-state index is -4.42. The minimum absolute atomic E-state index is 0.0126. The van der Waals surface area contributed by atoms with Gasteiger partial charge in [0.15, 0.2) is 5.82 Å². The molecule has 3 heterocycles.